The molecular formula is C34H52O3. The summed E-state index contributed by atoms with van der Waals surface area (Å²) >= 11 is 0. The maximum Gasteiger partial charge on any atom is 0.306 e. The number of carboxylic acid groups (broad SMARTS) is 1. The van der Waals surface area contributed by atoms with Gasteiger partial charge in [0, 0.05) is 0 Å². The molecule has 206 valence electrons. The molecule has 2 unspecified atom stereocenters. The van der Waals surface area contributed by atoms with Crippen molar-refractivity contribution in [3.8, 4) is 0 Å². The number of carboxylic acids is 1. The number of carbonyl (C=O) groups is 1. The molecule has 7 saturated carbocycles. The molecule has 0 aliphatic heterocycles. The minimum absolute atomic E-state index is 0.114. The van der Waals surface area contributed by atoms with E-state index in [0.717, 1.165) is 55.3 Å². The standard InChI is InChI=1S/C34H52O3/c1-19(12-27(32(36)37)31-22-14-20-13-21(16-22)17-23(31)15-20)28-6-7-29-26-5-4-24-18-25(35)8-10-33(24,2)30(26)9-11-34(28,29)3/h4,19-23,25-31,35H,5-18H2,1-3H3,(H,36,37)/t19?,20?,21?,22?,23?,25-,26-,27?,28+,29-,30-,31?,33-,34+/m0/s1. The Hall–Kier alpha value is -0.830. The second-order valence-corrected chi connectivity index (χ2v) is 16.1. The molecule has 0 radical (unpaired) electrons. The molecule has 3 nitrogen and oxygen atoms in total. The number of allylic oxidation sites excluding steroid dienone is 1. The van der Waals surface area contributed by atoms with Crippen molar-refractivity contribution in [3.63, 3.8) is 0 Å². The van der Waals surface area contributed by atoms with Crippen molar-refractivity contribution in [2.75, 3.05) is 0 Å². The quantitative estimate of drug-likeness (QED) is 0.374. The second-order valence-electron chi connectivity index (χ2n) is 16.1. The summed E-state index contributed by atoms with van der Waals surface area (Å²) in [6, 6.07) is 0. The Morgan fingerprint density at radius 1 is 0.973 bits per heavy atom. The summed E-state index contributed by atoms with van der Waals surface area (Å²) < 4.78 is 0. The van der Waals surface area contributed by atoms with Crippen LogP contribution in [0.4, 0.5) is 0 Å². The number of rotatable bonds is 5. The molecule has 0 heterocycles. The van der Waals surface area contributed by atoms with E-state index in [0.29, 0.717) is 40.4 Å². The van der Waals surface area contributed by atoms with Gasteiger partial charge in [-0.15, -0.1) is 0 Å². The molecule has 0 aromatic carbocycles. The van der Waals surface area contributed by atoms with E-state index >= 15 is 0 Å². The highest BCUT2D eigenvalue weighted by Crippen LogP contribution is 2.68. The number of hydrogen-bond acceptors (Lipinski definition) is 2. The van der Waals surface area contributed by atoms with Crippen LogP contribution >= 0.6 is 0 Å². The summed E-state index contributed by atoms with van der Waals surface area (Å²) in [6.45, 7) is 7.59. The Bertz CT molecular complexity index is 925. The lowest BCUT2D eigenvalue weighted by molar-refractivity contribution is -0.153. The van der Waals surface area contributed by atoms with Crippen molar-refractivity contribution >= 4 is 5.97 Å². The maximum absolute atomic E-state index is 12.8. The molecule has 3 heteroatoms. The molecule has 8 rings (SSSR count). The molecule has 4 bridgehead atoms. The molecule has 0 amide bonds. The lowest BCUT2D eigenvalue weighted by Gasteiger charge is -2.58. The third kappa shape index (κ3) is 3.78. The van der Waals surface area contributed by atoms with Gasteiger partial charge in [-0.2, -0.15) is 0 Å². The van der Waals surface area contributed by atoms with Crippen LogP contribution < -0.4 is 0 Å². The van der Waals surface area contributed by atoms with E-state index in [-0.39, 0.29) is 12.0 Å². The topological polar surface area (TPSA) is 57.5 Å². The van der Waals surface area contributed by atoms with Gasteiger partial charge in [0.1, 0.15) is 0 Å². The van der Waals surface area contributed by atoms with Crippen LogP contribution in [0.5, 0.6) is 0 Å². The zero-order chi connectivity index (χ0) is 25.7. The first-order valence-electron chi connectivity index (χ1n) is 16.3. The summed E-state index contributed by atoms with van der Waals surface area (Å²) in [5.41, 5.74) is 2.25. The van der Waals surface area contributed by atoms with E-state index < -0.39 is 5.97 Å². The van der Waals surface area contributed by atoms with Crippen molar-refractivity contribution in [2.45, 2.75) is 117 Å². The Morgan fingerprint density at radius 3 is 2.35 bits per heavy atom. The minimum atomic E-state index is -0.481. The van der Waals surface area contributed by atoms with E-state index in [4.69, 9.17) is 0 Å². The average molecular weight is 509 g/mol. The van der Waals surface area contributed by atoms with Crippen LogP contribution in [-0.2, 0) is 4.79 Å². The number of hydrogen-bond donors (Lipinski definition) is 2. The average Bonchev–Trinajstić information content (AvgIpc) is 3.20. The van der Waals surface area contributed by atoms with Crippen LogP contribution in [-0.4, -0.2) is 22.3 Å². The predicted octanol–water partition coefficient (Wildman–Crippen LogP) is 7.73. The van der Waals surface area contributed by atoms with Gasteiger partial charge >= 0.3 is 5.97 Å². The number of fused-ring (bicyclic) bond motifs is 5. The Kier molecular flexibility index (Phi) is 6.01. The Labute approximate surface area is 225 Å². The zero-order valence-corrected chi connectivity index (χ0v) is 23.7. The van der Waals surface area contributed by atoms with Crippen LogP contribution in [0.25, 0.3) is 0 Å². The largest absolute Gasteiger partial charge is 0.481 e. The van der Waals surface area contributed by atoms with E-state index in [1.165, 1.54) is 64.2 Å². The summed E-state index contributed by atoms with van der Waals surface area (Å²) in [4.78, 5) is 12.8. The van der Waals surface area contributed by atoms with Gasteiger partial charge in [0.2, 0.25) is 0 Å². The number of aliphatic hydroxyl groups is 1. The van der Waals surface area contributed by atoms with Gasteiger partial charge in [-0.1, -0.05) is 32.4 Å². The molecule has 9 atom stereocenters. The first-order chi connectivity index (χ1) is 17.7. The van der Waals surface area contributed by atoms with Crippen LogP contribution in [0.2, 0.25) is 0 Å². The monoisotopic (exact) mass is 508 g/mol. The molecule has 8 aliphatic carbocycles. The first kappa shape index (κ1) is 25.2. The molecule has 8 aliphatic rings. The summed E-state index contributed by atoms with van der Waals surface area (Å²) in [7, 11) is 0. The third-order valence-electron chi connectivity index (χ3n) is 14.5. The third-order valence-corrected chi connectivity index (χ3v) is 14.5. The SMILES string of the molecule is CC(CC(C(=O)O)C1C2CC3CC(C2)CC1C3)[C@H]1CC[C@H]2[C@@H]3CC=C4C[C@@H](O)CC[C@]4(C)[C@H]3CC[C@]12C. The Morgan fingerprint density at radius 2 is 1.68 bits per heavy atom. The zero-order valence-electron chi connectivity index (χ0n) is 23.7. The van der Waals surface area contributed by atoms with Gasteiger partial charge in [0.15, 0.2) is 0 Å². The van der Waals surface area contributed by atoms with Crippen LogP contribution in [0.3, 0.4) is 0 Å². The number of aliphatic carboxylic acids is 1. The lowest BCUT2D eigenvalue weighted by Crippen LogP contribution is -2.51. The molecule has 0 saturated heterocycles. The van der Waals surface area contributed by atoms with Crippen LogP contribution in [0.15, 0.2) is 11.6 Å². The fourth-order valence-electron chi connectivity index (χ4n) is 13.2. The summed E-state index contributed by atoms with van der Waals surface area (Å²) in [5, 5.41) is 20.9. The van der Waals surface area contributed by atoms with E-state index in [9.17, 15) is 15.0 Å². The van der Waals surface area contributed by atoms with Crippen molar-refractivity contribution in [3.05, 3.63) is 11.6 Å². The van der Waals surface area contributed by atoms with Gasteiger partial charge in [-0.25, -0.2) is 0 Å². The van der Waals surface area contributed by atoms with Crippen molar-refractivity contribution in [1.82, 2.24) is 0 Å². The fraction of sp³-hybridized carbons (Fsp3) is 0.912. The van der Waals surface area contributed by atoms with Crippen molar-refractivity contribution in [2.24, 2.45) is 75.9 Å². The van der Waals surface area contributed by atoms with Crippen LogP contribution in [0.1, 0.15) is 111 Å². The molecule has 0 aromatic rings. The minimum Gasteiger partial charge on any atom is -0.481 e. The fourth-order valence-corrected chi connectivity index (χ4v) is 13.2. The van der Waals surface area contributed by atoms with Gasteiger partial charge in [0.25, 0.3) is 0 Å². The summed E-state index contributed by atoms with van der Waals surface area (Å²) in [6.07, 6.45) is 19.7. The molecule has 0 spiro atoms. The van der Waals surface area contributed by atoms with E-state index in [1.807, 2.05) is 0 Å². The molecule has 7 fully saturated rings. The van der Waals surface area contributed by atoms with Crippen molar-refractivity contribution < 1.29 is 15.0 Å². The predicted molar refractivity (Wildman–Crippen MR) is 147 cm³/mol. The smallest absolute Gasteiger partial charge is 0.306 e. The normalized spacial score (nSPS) is 53.6. The second kappa shape index (κ2) is 8.84. The van der Waals surface area contributed by atoms with E-state index in [2.05, 4.69) is 26.8 Å². The maximum atomic E-state index is 12.8. The lowest BCUT2D eigenvalue weighted by atomic mass is 9.46. The molecule has 0 aromatic heterocycles. The van der Waals surface area contributed by atoms with Gasteiger partial charge in [-0.3, -0.25) is 4.79 Å². The first-order valence-corrected chi connectivity index (χ1v) is 16.3. The van der Waals surface area contributed by atoms with E-state index in [1.54, 1.807) is 5.57 Å². The summed E-state index contributed by atoms with van der Waals surface area (Å²) in [5.74, 6) is 6.65. The highest BCUT2D eigenvalue weighted by Gasteiger charge is 2.60. The Balaban J connectivity index is 1.09. The van der Waals surface area contributed by atoms with Crippen LogP contribution in [0, 0.1) is 75.9 Å². The van der Waals surface area contributed by atoms with Gasteiger partial charge in [-0.05, 0) is 160 Å². The molecule has 2 N–H and O–H groups in total. The van der Waals surface area contributed by atoms with Crippen molar-refractivity contribution in [1.29, 1.82) is 0 Å². The molecule has 37 heavy (non-hydrogen) atoms. The molecular weight excluding hydrogens is 456 g/mol. The van der Waals surface area contributed by atoms with Gasteiger partial charge < -0.3 is 10.2 Å². The highest BCUT2D eigenvalue weighted by atomic mass is 16.4. The highest BCUT2D eigenvalue weighted by molar-refractivity contribution is 5.70. The van der Waals surface area contributed by atoms with Gasteiger partial charge in [0.05, 0.1) is 12.0 Å². The number of aliphatic hydroxyl groups excluding tert-OH is 1.